The number of hydrogen-bond acceptors (Lipinski definition) is 3. The first-order valence-corrected chi connectivity index (χ1v) is 6.81. The number of aromatic hydroxyl groups is 1. The minimum Gasteiger partial charge on any atom is -0.507 e. The van der Waals surface area contributed by atoms with Crippen LogP contribution in [0.1, 0.15) is 18.9 Å². The van der Waals surface area contributed by atoms with Gasteiger partial charge in [-0.1, -0.05) is 19.1 Å². The molecule has 0 unspecified atom stereocenters. The zero-order valence-corrected chi connectivity index (χ0v) is 11.7. The molecule has 1 N–H and O–H groups in total. The molecule has 4 nitrogen and oxygen atoms in total. The number of benzene rings is 1. The van der Waals surface area contributed by atoms with E-state index in [4.69, 9.17) is 0 Å². The standard InChI is InChI=1S/C16H17N3O/c1-3-9-19-14-7-8-17-10-13(14)18-16(19)12-6-4-5-11(2)15(12)20/h4-8,10,20H,3,9H2,1-2H3. The largest absolute Gasteiger partial charge is 0.507 e. The van der Waals surface area contributed by atoms with E-state index < -0.39 is 0 Å². The summed E-state index contributed by atoms with van der Waals surface area (Å²) in [5.74, 6) is 1.10. The van der Waals surface area contributed by atoms with Gasteiger partial charge < -0.3 is 9.67 Å². The van der Waals surface area contributed by atoms with Crippen LogP contribution in [0.5, 0.6) is 5.75 Å². The Morgan fingerprint density at radius 2 is 2.10 bits per heavy atom. The van der Waals surface area contributed by atoms with E-state index in [1.165, 1.54) is 0 Å². The van der Waals surface area contributed by atoms with Gasteiger partial charge in [-0.05, 0) is 31.0 Å². The zero-order chi connectivity index (χ0) is 14.1. The molecule has 0 aliphatic heterocycles. The molecule has 0 amide bonds. The van der Waals surface area contributed by atoms with Gasteiger partial charge in [-0.3, -0.25) is 4.98 Å². The van der Waals surface area contributed by atoms with E-state index in [1.54, 1.807) is 12.4 Å². The van der Waals surface area contributed by atoms with Gasteiger partial charge in [0, 0.05) is 12.7 Å². The van der Waals surface area contributed by atoms with Crippen LogP contribution in [-0.4, -0.2) is 19.6 Å². The summed E-state index contributed by atoms with van der Waals surface area (Å²) in [5.41, 5.74) is 3.54. The minimum absolute atomic E-state index is 0.299. The molecule has 20 heavy (non-hydrogen) atoms. The third kappa shape index (κ3) is 1.93. The topological polar surface area (TPSA) is 50.9 Å². The summed E-state index contributed by atoms with van der Waals surface area (Å²) < 4.78 is 2.14. The number of phenols is 1. The molecule has 0 aliphatic carbocycles. The lowest BCUT2D eigenvalue weighted by Gasteiger charge is -2.10. The van der Waals surface area contributed by atoms with E-state index in [9.17, 15) is 5.11 Å². The van der Waals surface area contributed by atoms with Crippen molar-refractivity contribution in [2.45, 2.75) is 26.8 Å². The maximum atomic E-state index is 10.3. The van der Waals surface area contributed by atoms with Crippen molar-refractivity contribution in [3.63, 3.8) is 0 Å². The van der Waals surface area contributed by atoms with Crippen molar-refractivity contribution in [1.29, 1.82) is 0 Å². The van der Waals surface area contributed by atoms with E-state index in [1.807, 2.05) is 31.2 Å². The summed E-state index contributed by atoms with van der Waals surface area (Å²) in [4.78, 5) is 8.77. The number of rotatable bonds is 3. The number of aromatic nitrogens is 3. The van der Waals surface area contributed by atoms with Gasteiger partial charge in [-0.2, -0.15) is 0 Å². The first kappa shape index (κ1) is 12.7. The van der Waals surface area contributed by atoms with E-state index in [2.05, 4.69) is 21.5 Å². The highest BCUT2D eigenvalue weighted by atomic mass is 16.3. The van der Waals surface area contributed by atoms with Crippen molar-refractivity contribution in [2.24, 2.45) is 0 Å². The Morgan fingerprint density at radius 1 is 1.25 bits per heavy atom. The monoisotopic (exact) mass is 267 g/mol. The molecule has 0 atom stereocenters. The second-order valence-electron chi connectivity index (χ2n) is 4.92. The molecule has 0 saturated heterocycles. The predicted molar refractivity (Wildman–Crippen MR) is 79.7 cm³/mol. The quantitative estimate of drug-likeness (QED) is 0.790. The molecule has 0 radical (unpaired) electrons. The number of imidazole rings is 1. The number of fused-ring (bicyclic) bond motifs is 1. The third-order valence-corrected chi connectivity index (χ3v) is 3.48. The molecule has 3 rings (SSSR count). The molecule has 2 aromatic heterocycles. The Labute approximate surface area is 117 Å². The summed E-state index contributed by atoms with van der Waals surface area (Å²) in [7, 11) is 0. The zero-order valence-electron chi connectivity index (χ0n) is 11.7. The van der Waals surface area contributed by atoms with Crippen molar-refractivity contribution in [3.8, 4) is 17.1 Å². The van der Waals surface area contributed by atoms with Crippen LogP contribution in [0.2, 0.25) is 0 Å². The van der Waals surface area contributed by atoms with Crippen LogP contribution in [0.4, 0.5) is 0 Å². The Bertz CT molecular complexity index is 762. The molecular formula is C16H17N3O. The summed E-state index contributed by atoms with van der Waals surface area (Å²) in [6.45, 7) is 4.89. The first-order valence-electron chi connectivity index (χ1n) is 6.81. The van der Waals surface area contributed by atoms with Gasteiger partial charge >= 0.3 is 0 Å². The van der Waals surface area contributed by atoms with Crippen LogP contribution >= 0.6 is 0 Å². The fraction of sp³-hybridized carbons (Fsp3) is 0.250. The number of nitrogens with zero attached hydrogens (tertiary/aromatic N) is 3. The van der Waals surface area contributed by atoms with Gasteiger partial charge in [0.25, 0.3) is 0 Å². The summed E-state index contributed by atoms with van der Waals surface area (Å²) in [6.07, 6.45) is 4.54. The van der Waals surface area contributed by atoms with E-state index in [-0.39, 0.29) is 0 Å². The van der Waals surface area contributed by atoms with Crippen LogP contribution in [0.15, 0.2) is 36.7 Å². The number of phenolic OH excluding ortho intramolecular Hbond substituents is 1. The molecular weight excluding hydrogens is 250 g/mol. The molecule has 0 aliphatic rings. The van der Waals surface area contributed by atoms with Crippen molar-refractivity contribution >= 4 is 11.0 Å². The second kappa shape index (κ2) is 4.96. The lowest BCUT2D eigenvalue weighted by molar-refractivity contribution is 0.472. The van der Waals surface area contributed by atoms with Gasteiger partial charge in [0.15, 0.2) is 0 Å². The van der Waals surface area contributed by atoms with E-state index >= 15 is 0 Å². The molecule has 0 spiro atoms. The normalized spacial score (nSPS) is 11.1. The molecule has 1 aromatic carbocycles. The van der Waals surface area contributed by atoms with Crippen molar-refractivity contribution in [1.82, 2.24) is 14.5 Å². The number of hydrogen-bond donors (Lipinski definition) is 1. The van der Waals surface area contributed by atoms with Crippen molar-refractivity contribution in [3.05, 3.63) is 42.2 Å². The fourth-order valence-corrected chi connectivity index (χ4v) is 2.48. The molecule has 4 heteroatoms. The lowest BCUT2D eigenvalue weighted by atomic mass is 10.1. The number of aryl methyl sites for hydroxylation is 2. The Hall–Kier alpha value is -2.36. The molecule has 0 bridgehead atoms. The average Bonchev–Trinajstić information content (AvgIpc) is 2.81. The Balaban J connectivity index is 2.29. The van der Waals surface area contributed by atoms with E-state index in [0.29, 0.717) is 5.75 Å². The smallest absolute Gasteiger partial charge is 0.144 e. The van der Waals surface area contributed by atoms with Crippen LogP contribution in [0, 0.1) is 6.92 Å². The van der Waals surface area contributed by atoms with Gasteiger partial charge in [-0.15, -0.1) is 0 Å². The van der Waals surface area contributed by atoms with Crippen molar-refractivity contribution < 1.29 is 5.11 Å². The van der Waals surface area contributed by atoms with Crippen LogP contribution in [-0.2, 0) is 6.54 Å². The average molecular weight is 267 g/mol. The molecule has 0 fully saturated rings. The molecule has 2 heterocycles. The highest BCUT2D eigenvalue weighted by molar-refractivity contribution is 5.81. The maximum absolute atomic E-state index is 10.3. The Morgan fingerprint density at radius 3 is 2.90 bits per heavy atom. The first-order chi connectivity index (χ1) is 9.72. The summed E-state index contributed by atoms with van der Waals surface area (Å²) in [6, 6.07) is 7.71. The van der Waals surface area contributed by atoms with Gasteiger partial charge in [0.1, 0.15) is 17.1 Å². The predicted octanol–water partition coefficient (Wildman–Crippen LogP) is 3.52. The fourth-order valence-electron chi connectivity index (χ4n) is 2.48. The van der Waals surface area contributed by atoms with Crippen LogP contribution < -0.4 is 0 Å². The number of pyridine rings is 1. The highest BCUT2D eigenvalue weighted by Crippen LogP contribution is 2.33. The van der Waals surface area contributed by atoms with Crippen LogP contribution in [0.25, 0.3) is 22.4 Å². The van der Waals surface area contributed by atoms with E-state index in [0.717, 1.165) is 41.0 Å². The van der Waals surface area contributed by atoms with Gasteiger partial charge in [-0.25, -0.2) is 4.98 Å². The lowest BCUT2D eigenvalue weighted by Crippen LogP contribution is -2.00. The summed E-state index contributed by atoms with van der Waals surface area (Å²) >= 11 is 0. The molecule has 3 aromatic rings. The van der Waals surface area contributed by atoms with Crippen molar-refractivity contribution in [2.75, 3.05) is 0 Å². The van der Waals surface area contributed by atoms with Gasteiger partial charge in [0.05, 0.1) is 17.3 Å². The highest BCUT2D eigenvalue weighted by Gasteiger charge is 2.15. The second-order valence-corrected chi connectivity index (χ2v) is 4.92. The minimum atomic E-state index is 0.299. The SMILES string of the molecule is CCCn1c(-c2cccc(C)c2O)nc2cnccc21. The summed E-state index contributed by atoms with van der Waals surface area (Å²) in [5, 5.41) is 10.3. The third-order valence-electron chi connectivity index (χ3n) is 3.48. The Kier molecular flexibility index (Phi) is 3.14. The molecule has 102 valence electrons. The molecule has 0 saturated carbocycles. The van der Waals surface area contributed by atoms with Crippen LogP contribution in [0.3, 0.4) is 0 Å². The number of para-hydroxylation sites is 1. The van der Waals surface area contributed by atoms with Gasteiger partial charge in [0.2, 0.25) is 0 Å². The maximum Gasteiger partial charge on any atom is 0.144 e.